The van der Waals surface area contributed by atoms with Crippen LogP contribution < -0.4 is 5.32 Å². The van der Waals surface area contributed by atoms with Gasteiger partial charge in [0.25, 0.3) is 0 Å². The van der Waals surface area contributed by atoms with Crippen LogP contribution in [-0.2, 0) is 4.74 Å². The maximum absolute atomic E-state index is 12.2. The average Bonchev–Trinajstić information content (AvgIpc) is 3.40. The summed E-state index contributed by atoms with van der Waals surface area (Å²) in [5.74, 6) is -0.0314. The van der Waals surface area contributed by atoms with Crippen LogP contribution in [0.1, 0.15) is 40.8 Å². The van der Waals surface area contributed by atoms with Crippen molar-refractivity contribution >= 4 is 6.09 Å². The number of aromatic nitrogens is 2. The van der Waals surface area contributed by atoms with Gasteiger partial charge in [-0.15, -0.1) is 0 Å². The first-order chi connectivity index (χ1) is 15.1. The van der Waals surface area contributed by atoms with Gasteiger partial charge in [-0.1, -0.05) is 48.5 Å². The van der Waals surface area contributed by atoms with Gasteiger partial charge in [0.15, 0.2) is 0 Å². The number of fused-ring (bicyclic) bond motifs is 3. The van der Waals surface area contributed by atoms with Crippen molar-refractivity contribution in [1.82, 2.24) is 15.5 Å². The van der Waals surface area contributed by atoms with Crippen LogP contribution in [0.25, 0.3) is 11.1 Å². The highest BCUT2D eigenvalue weighted by atomic mass is 16.5. The molecule has 1 amide bonds. The second-order valence-corrected chi connectivity index (χ2v) is 7.37. The molecule has 4 N–H and O–H groups in total. The molecule has 0 saturated carbocycles. The second kappa shape index (κ2) is 9.00. The Labute approximate surface area is 179 Å². The molecule has 1 aromatic heterocycles. The van der Waals surface area contributed by atoms with Gasteiger partial charge in [-0.3, -0.25) is 5.10 Å². The number of hydrogen-bond donors (Lipinski definition) is 4. The number of rotatable bonds is 7. The van der Waals surface area contributed by atoms with E-state index in [4.69, 9.17) is 10.00 Å². The Morgan fingerprint density at radius 3 is 2.45 bits per heavy atom. The van der Waals surface area contributed by atoms with Crippen LogP contribution in [0.2, 0.25) is 0 Å². The predicted molar refractivity (Wildman–Crippen MR) is 112 cm³/mol. The van der Waals surface area contributed by atoms with E-state index in [1.165, 1.54) is 6.20 Å². The number of amides is 1. The van der Waals surface area contributed by atoms with Gasteiger partial charge in [-0.05, 0) is 28.7 Å². The topological polar surface area (TPSA) is 131 Å². The molecule has 1 heterocycles. The van der Waals surface area contributed by atoms with Crippen LogP contribution in [0.4, 0.5) is 4.79 Å². The quantitative estimate of drug-likeness (QED) is 0.466. The lowest BCUT2D eigenvalue weighted by Gasteiger charge is -2.18. The Morgan fingerprint density at radius 2 is 1.81 bits per heavy atom. The third-order valence-electron chi connectivity index (χ3n) is 5.52. The molecule has 8 nitrogen and oxygen atoms in total. The molecule has 4 rings (SSSR count). The number of nitrogens with zero attached hydrogens (tertiary/aromatic N) is 2. The first-order valence-electron chi connectivity index (χ1n) is 9.98. The van der Waals surface area contributed by atoms with E-state index in [1.807, 2.05) is 42.5 Å². The maximum atomic E-state index is 12.2. The summed E-state index contributed by atoms with van der Waals surface area (Å²) in [5.41, 5.74) is 4.87. The predicted octanol–water partition coefficient (Wildman–Crippen LogP) is 2.60. The summed E-state index contributed by atoms with van der Waals surface area (Å²) in [7, 11) is 0. The third-order valence-corrected chi connectivity index (χ3v) is 5.52. The van der Waals surface area contributed by atoms with E-state index >= 15 is 0 Å². The lowest BCUT2D eigenvalue weighted by Crippen LogP contribution is -2.30. The number of nitriles is 1. The molecule has 0 radical (unpaired) electrons. The fourth-order valence-electron chi connectivity index (χ4n) is 3.95. The zero-order valence-electron chi connectivity index (χ0n) is 16.7. The summed E-state index contributed by atoms with van der Waals surface area (Å²) >= 11 is 0. The fraction of sp³-hybridized carbons (Fsp3) is 0.261. The number of benzene rings is 2. The Morgan fingerprint density at radius 1 is 1.16 bits per heavy atom. The molecule has 158 valence electrons. The van der Waals surface area contributed by atoms with E-state index in [1.54, 1.807) is 0 Å². The van der Waals surface area contributed by atoms with Gasteiger partial charge in [0.2, 0.25) is 0 Å². The third kappa shape index (κ3) is 4.14. The van der Waals surface area contributed by atoms with Gasteiger partial charge in [0.1, 0.15) is 24.5 Å². The second-order valence-electron chi connectivity index (χ2n) is 7.37. The minimum atomic E-state index is -1.28. The highest BCUT2D eigenvalue weighted by Crippen LogP contribution is 2.44. The number of carbonyl (C=O) groups is 1. The van der Waals surface area contributed by atoms with Crippen LogP contribution >= 0.6 is 0 Å². The van der Waals surface area contributed by atoms with Gasteiger partial charge >= 0.3 is 6.09 Å². The van der Waals surface area contributed by atoms with Crippen LogP contribution in [0.3, 0.4) is 0 Å². The van der Waals surface area contributed by atoms with Gasteiger partial charge in [0, 0.05) is 18.0 Å². The molecule has 2 atom stereocenters. The number of carbonyl (C=O) groups excluding carboxylic acids is 1. The first-order valence-corrected chi connectivity index (χ1v) is 9.98. The first kappa shape index (κ1) is 20.6. The number of H-pyrrole nitrogens is 1. The Kier molecular flexibility index (Phi) is 5.98. The monoisotopic (exact) mass is 418 g/mol. The molecule has 1 aliphatic rings. The van der Waals surface area contributed by atoms with Crippen LogP contribution in [-0.4, -0.2) is 45.8 Å². The molecule has 0 saturated heterocycles. The number of aliphatic hydroxyl groups excluding tert-OH is 2. The van der Waals surface area contributed by atoms with Crippen LogP contribution in [0, 0.1) is 11.3 Å². The summed E-state index contributed by atoms with van der Waals surface area (Å²) < 4.78 is 5.44. The number of nitrogens with one attached hydrogen (secondary N) is 2. The summed E-state index contributed by atoms with van der Waals surface area (Å²) in [6.45, 7) is 0.306. The molecule has 0 bridgehead atoms. The summed E-state index contributed by atoms with van der Waals surface area (Å²) in [6.07, 6.45) is -1.66. The average molecular weight is 418 g/mol. The number of aliphatic hydroxyl groups is 2. The van der Waals surface area contributed by atoms with Crippen molar-refractivity contribution < 1.29 is 19.7 Å². The molecule has 2 unspecified atom stereocenters. The van der Waals surface area contributed by atoms with E-state index in [0.717, 1.165) is 22.3 Å². The number of aromatic amines is 1. The van der Waals surface area contributed by atoms with Crippen molar-refractivity contribution in [2.24, 2.45) is 0 Å². The summed E-state index contributed by atoms with van der Waals surface area (Å²) in [4.78, 5) is 12.2. The van der Waals surface area contributed by atoms with E-state index in [9.17, 15) is 15.0 Å². The SMILES string of the molecule is N#Cc1[nH]ncc1C(O)C(O)CCNC(=O)OCC1c2ccccc2-c2ccccc21. The van der Waals surface area contributed by atoms with Gasteiger partial charge in [-0.2, -0.15) is 10.4 Å². The Balaban J connectivity index is 1.29. The van der Waals surface area contributed by atoms with Crippen LogP contribution in [0.5, 0.6) is 0 Å². The molecule has 0 aliphatic heterocycles. The Bertz CT molecular complexity index is 1080. The van der Waals surface area contributed by atoms with Crippen molar-refractivity contribution in [2.45, 2.75) is 24.5 Å². The zero-order valence-corrected chi connectivity index (χ0v) is 16.7. The normalized spacial score (nSPS) is 14.2. The molecule has 1 aliphatic carbocycles. The molecular weight excluding hydrogens is 396 g/mol. The molecule has 0 spiro atoms. The van der Waals surface area contributed by atoms with Gasteiger partial charge in [-0.25, -0.2) is 4.79 Å². The minimum Gasteiger partial charge on any atom is -0.449 e. The number of alkyl carbamates (subject to hydrolysis) is 1. The van der Waals surface area contributed by atoms with Crippen molar-refractivity contribution in [1.29, 1.82) is 5.26 Å². The van der Waals surface area contributed by atoms with Crippen LogP contribution in [0.15, 0.2) is 54.7 Å². The maximum Gasteiger partial charge on any atom is 0.407 e. The molecule has 2 aromatic carbocycles. The highest BCUT2D eigenvalue weighted by molar-refractivity contribution is 5.79. The van der Waals surface area contributed by atoms with Crippen molar-refractivity contribution in [3.05, 3.63) is 77.1 Å². The van der Waals surface area contributed by atoms with E-state index in [0.29, 0.717) is 0 Å². The lowest BCUT2D eigenvalue weighted by molar-refractivity contribution is 0.0135. The van der Waals surface area contributed by atoms with Crippen molar-refractivity contribution in [3.8, 4) is 17.2 Å². The van der Waals surface area contributed by atoms with Crippen molar-refractivity contribution in [2.75, 3.05) is 13.2 Å². The Hall–Kier alpha value is -3.67. The van der Waals surface area contributed by atoms with E-state index in [-0.39, 0.29) is 36.7 Å². The van der Waals surface area contributed by atoms with E-state index in [2.05, 4.69) is 27.6 Å². The summed E-state index contributed by atoms with van der Waals surface area (Å²) in [5, 5.41) is 38.0. The van der Waals surface area contributed by atoms with Crippen molar-refractivity contribution in [3.63, 3.8) is 0 Å². The van der Waals surface area contributed by atoms with Gasteiger partial charge < -0.3 is 20.3 Å². The minimum absolute atomic E-state index is 0.0314. The molecule has 3 aromatic rings. The van der Waals surface area contributed by atoms with E-state index < -0.39 is 18.3 Å². The largest absolute Gasteiger partial charge is 0.449 e. The standard InChI is InChI=1S/C23H22N4O4/c24-11-20-18(12-26-27-20)22(29)21(28)9-10-25-23(30)31-13-19-16-7-3-1-5-14(16)15-6-2-4-8-17(15)19/h1-8,12,19,21-22,28-29H,9-10,13H2,(H,25,30)(H,26,27). The smallest absolute Gasteiger partial charge is 0.407 e. The number of hydrogen-bond acceptors (Lipinski definition) is 6. The molecule has 8 heteroatoms. The van der Waals surface area contributed by atoms with Gasteiger partial charge in [0.05, 0.1) is 12.3 Å². The molecule has 0 fully saturated rings. The molecule has 31 heavy (non-hydrogen) atoms. The number of ether oxygens (including phenoxy) is 1. The molecular formula is C23H22N4O4. The lowest BCUT2D eigenvalue weighted by atomic mass is 9.98. The summed E-state index contributed by atoms with van der Waals surface area (Å²) in [6, 6.07) is 18.0. The fourth-order valence-corrected chi connectivity index (χ4v) is 3.95. The zero-order chi connectivity index (χ0) is 21.8. The highest BCUT2D eigenvalue weighted by Gasteiger charge is 2.29.